The summed E-state index contributed by atoms with van der Waals surface area (Å²) in [4.78, 5) is 0.0337. The van der Waals surface area contributed by atoms with E-state index in [1.807, 2.05) is 6.07 Å². The van der Waals surface area contributed by atoms with Crippen molar-refractivity contribution in [2.24, 2.45) is 5.92 Å². The van der Waals surface area contributed by atoms with Crippen molar-refractivity contribution in [1.82, 2.24) is 4.72 Å². The molecule has 1 aromatic carbocycles. The molecule has 1 aromatic rings. The van der Waals surface area contributed by atoms with Crippen LogP contribution in [0, 0.1) is 17.2 Å². The molecule has 0 spiro atoms. The Balaban J connectivity index is 2.12. The number of benzene rings is 1. The van der Waals surface area contributed by atoms with Crippen LogP contribution in [0.15, 0.2) is 29.2 Å². The number of sulfonamides is 1. The maximum atomic E-state index is 12.1. The molecular weight excluding hydrogens is 252 g/mol. The molecule has 2 rings (SSSR count). The number of rotatable bonds is 4. The molecule has 1 aliphatic rings. The number of ether oxygens (including phenoxy) is 1. The lowest BCUT2D eigenvalue weighted by molar-refractivity contribution is 0.186. The van der Waals surface area contributed by atoms with Crippen LogP contribution >= 0.6 is 0 Å². The summed E-state index contributed by atoms with van der Waals surface area (Å²) in [5.74, 6) is 0.217. The van der Waals surface area contributed by atoms with Crippen molar-refractivity contribution in [2.45, 2.75) is 11.3 Å². The first-order valence-corrected chi connectivity index (χ1v) is 7.18. The first kappa shape index (κ1) is 13.0. The fraction of sp³-hybridized carbons (Fsp3) is 0.417. The van der Waals surface area contributed by atoms with Crippen LogP contribution in [0.2, 0.25) is 0 Å². The van der Waals surface area contributed by atoms with Crippen molar-refractivity contribution >= 4 is 10.0 Å². The zero-order chi connectivity index (χ0) is 13.0. The van der Waals surface area contributed by atoms with E-state index in [2.05, 4.69) is 4.72 Å². The molecule has 0 aliphatic carbocycles. The second kappa shape index (κ2) is 5.48. The van der Waals surface area contributed by atoms with Crippen LogP contribution in [0.25, 0.3) is 0 Å². The molecule has 5 nitrogen and oxygen atoms in total. The first-order valence-electron chi connectivity index (χ1n) is 5.70. The molecule has 0 bridgehead atoms. The lowest BCUT2D eigenvalue weighted by atomic mass is 10.1. The topological polar surface area (TPSA) is 79.2 Å². The summed E-state index contributed by atoms with van der Waals surface area (Å²) < 4.78 is 31.8. The highest BCUT2D eigenvalue weighted by molar-refractivity contribution is 7.89. The van der Waals surface area contributed by atoms with Crippen molar-refractivity contribution in [3.05, 3.63) is 29.8 Å². The van der Waals surface area contributed by atoms with Crippen molar-refractivity contribution in [3.63, 3.8) is 0 Å². The average Bonchev–Trinajstić information content (AvgIpc) is 2.89. The predicted molar refractivity (Wildman–Crippen MR) is 65.3 cm³/mol. The van der Waals surface area contributed by atoms with Crippen LogP contribution < -0.4 is 4.72 Å². The zero-order valence-electron chi connectivity index (χ0n) is 9.80. The average molecular weight is 266 g/mol. The molecule has 0 amide bonds. The number of nitrogens with zero attached hydrogens (tertiary/aromatic N) is 1. The highest BCUT2D eigenvalue weighted by Crippen LogP contribution is 2.16. The van der Waals surface area contributed by atoms with E-state index in [0.29, 0.717) is 19.8 Å². The summed E-state index contributed by atoms with van der Waals surface area (Å²) in [6.45, 7) is 1.62. The Hall–Kier alpha value is -1.42. The van der Waals surface area contributed by atoms with Crippen LogP contribution in [-0.2, 0) is 14.8 Å². The molecule has 1 aliphatic heterocycles. The summed E-state index contributed by atoms with van der Waals surface area (Å²) in [6, 6.07) is 8.06. The fourth-order valence-corrected chi connectivity index (χ4v) is 3.11. The van der Waals surface area contributed by atoms with E-state index in [1.54, 1.807) is 12.1 Å². The molecule has 18 heavy (non-hydrogen) atoms. The Labute approximate surface area is 106 Å². The second-order valence-corrected chi connectivity index (χ2v) is 5.92. The SMILES string of the molecule is N#Cc1ccccc1S(=O)(=O)NCC1CCOC1. The van der Waals surface area contributed by atoms with Crippen molar-refractivity contribution in [1.29, 1.82) is 5.26 Å². The zero-order valence-corrected chi connectivity index (χ0v) is 10.6. The van der Waals surface area contributed by atoms with E-state index in [9.17, 15) is 8.42 Å². The monoisotopic (exact) mass is 266 g/mol. The number of nitriles is 1. The molecule has 0 radical (unpaired) electrons. The summed E-state index contributed by atoms with van der Waals surface area (Å²) in [5.41, 5.74) is 0.160. The van der Waals surface area contributed by atoms with Crippen molar-refractivity contribution in [3.8, 4) is 6.07 Å². The largest absolute Gasteiger partial charge is 0.381 e. The maximum Gasteiger partial charge on any atom is 0.241 e. The van der Waals surface area contributed by atoms with Crippen LogP contribution in [0.5, 0.6) is 0 Å². The van der Waals surface area contributed by atoms with Gasteiger partial charge in [-0.25, -0.2) is 13.1 Å². The van der Waals surface area contributed by atoms with Gasteiger partial charge in [-0.15, -0.1) is 0 Å². The number of hydrogen-bond donors (Lipinski definition) is 1. The van der Waals surface area contributed by atoms with Gasteiger partial charge in [0, 0.05) is 13.2 Å². The molecule has 96 valence electrons. The van der Waals surface area contributed by atoms with E-state index in [1.165, 1.54) is 12.1 Å². The van der Waals surface area contributed by atoms with Gasteiger partial charge in [-0.05, 0) is 24.5 Å². The third-order valence-electron chi connectivity index (χ3n) is 2.88. The number of hydrogen-bond acceptors (Lipinski definition) is 4. The second-order valence-electron chi connectivity index (χ2n) is 4.19. The Bertz CT molecular complexity index is 557. The van der Waals surface area contributed by atoms with Gasteiger partial charge < -0.3 is 4.74 Å². The van der Waals surface area contributed by atoms with Crippen LogP contribution in [0.1, 0.15) is 12.0 Å². The van der Waals surface area contributed by atoms with E-state index >= 15 is 0 Å². The van der Waals surface area contributed by atoms with Gasteiger partial charge in [0.05, 0.1) is 17.1 Å². The van der Waals surface area contributed by atoms with Gasteiger partial charge in [-0.2, -0.15) is 5.26 Å². The summed E-state index contributed by atoms with van der Waals surface area (Å²) in [5, 5.41) is 8.90. The van der Waals surface area contributed by atoms with Gasteiger partial charge in [-0.3, -0.25) is 0 Å². The quantitative estimate of drug-likeness (QED) is 0.877. The predicted octanol–water partition coefficient (Wildman–Crippen LogP) is 0.873. The lowest BCUT2D eigenvalue weighted by Crippen LogP contribution is -2.30. The Morgan fingerprint density at radius 2 is 2.22 bits per heavy atom. The molecule has 1 heterocycles. The molecule has 6 heteroatoms. The molecule has 0 aromatic heterocycles. The highest BCUT2D eigenvalue weighted by atomic mass is 32.2. The standard InChI is InChI=1S/C12H14N2O3S/c13-7-11-3-1-2-4-12(11)18(15,16)14-8-10-5-6-17-9-10/h1-4,10,14H,5-6,8-9H2. The van der Waals surface area contributed by atoms with Crippen LogP contribution in [0.4, 0.5) is 0 Å². The maximum absolute atomic E-state index is 12.1. The van der Waals surface area contributed by atoms with E-state index < -0.39 is 10.0 Å². The van der Waals surface area contributed by atoms with Gasteiger partial charge in [0.1, 0.15) is 6.07 Å². The summed E-state index contributed by atoms with van der Waals surface area (Å²) >= 11 is 0. The first-order chi connectivity index (χ1) is 8.63. The smallest absolute Gasteiger partial charge is 0.241 e. The minimum atomic E-state index is -3.62. The molecule has 1 atom stereocenters. The normalized spacial score (nSPS) is 19.6. The van der Waals surface area contributed by atoms with Gasteiger partial charge in [-0.1, -0.05) is 12.1 Å². The van der Waals surface area contributed by atoms with E-state index in [4.69, 9.17) is 10.00 Å². The Kier molecular flexibility index (Phi) is 3.97. The Morgan fingerprint density at radius 3 is 2.89 bits per heavy atom. The van der Waals surface area contributed by atoms with Crippen molar-refractivity contribution < 1.29 is 13.2 Å². The molecular formula is C12H14N2O3S. The lowest BCUT2D eigenvalue weighted by Gasteiger charge is -2.11. The Morgan fingerprint density at radius 1 is 1.44 bits per heavy atom. The van der Waals surface area contributed by atoms with Crippen LogP contribution in [0.3, 0.4) is 0 Å². The molecule has 1 fully saturated rings. The molecule has 0 saturated carbocycles. The fourth-order valence-electron chi connectivity index (χ4n) is 1.84. The third kappa shape index (κ3) is 2.88. The van der Waals surface area contributed by atoms with E-state index in [0.717, 1.165) is 6.42 Å². The molecule has 1 N–H and O–H groups in total. The van der Waals surface area contributed by atoms with E-state index in [-0.39, 0.29) is 16.4 Å². The van der Waals surface area contributed by atoms with Crippen molar-refractivity contribution in [2.75, 3.05) is 19.8 Å². The van der Waals surface area contributed by atoms with Gasteiger partial charge in [0.2, 0.25) is 10.0 Å². The third-order valence-corrected chi connectivity index (χ3v) is 4.36. The van der Waals surface area contributed by atoms with Gasteiger partial charge in [0.25, 0.3) is 0 Å². The molecule has 1 saturated heterocycles. The minimum absolute atomic E-state index is 0.0337. The highest BCUT2D eigenvalue weighted by Gasteiger charge is 2.21. The number of nitrogens with one attached hydrogen (secondary N) is 1. The summed E-state index contributed by atoms with van der Waals surface area (Å²) in [7, 11) is -3.62. The molecule has 1 unspecified atom stereocenters. The summed E-state index contributed by atoms with van der Waals surface area (Å²) in [6.07, 6.45) is 0.864. The minimum Gasteiger partial charge on any atom is -0.381 e. The van der Waals surface area contributed by atoms with Crippen LogP contribution in [-0.4, -0.2) is 28.2 Å². The van der Waals surface area contributed by atoms with Gasteiger partial charge >= 0.3 is 0 Å². The van der Waals surface area contributed by atoms with Gasteiger partial charge in [0.15, 0.2) is 0 Å².